The lowest BCUT2D eigenvalue weighted by Crippen LogP contribution is -2.25. The quantitative estimate of drug-likeness (QED) is 0.673. The molecular weight excluding hydrogens is 369 g/mol. The molecule has 2 heterocycles. The third-order valence-corrected chi connectivity index (χ3v) is 5.34. The van der Waals surface area contributed by atoms with E-state index >= 15 is 0 Å². The van der Waals surface area contributed by atoms with Crippen LogP contribution in [-0.4, -0.2) is 27.6 Å². The van der Waals surface area contributed by atoms with Crippen LogP contribution in [0.4, 0.5) is 10.3 Å². The Bertz CT molecular complexity index is 993. The number of carboxylic acids is 1. The van der Waals surface area contributed by atoms with Crippen molar-refractivity contribution in [1.82, 2.24) is 9.97 Å². The standard InChI is InChI=1S/C23H22FN3O2/c24-18-11-8-16(9-12-18)10-13-20-19(22(28)29)15-25-23(26-20)27-14-4-7-21(27)17-5-2-1-3-6-17/h1-3,5-6,8-9,11-12,15,21H,4,7,10,13-14H2,(H,28,29). The number of nitrogens with zero attached hydrogens (tertiary/aromatic N) is 3. The smallest absolute Gasteiger partial charge is 0.339 e. The van der Waals surface area contributed by atoms with Gasteiger partial charge in [-0.05, 0) is 48.9 Å². The van der Waals surface area contributed by atoms with Crippen LogP contribution in [0, 0.1) is 5.82 Å². The van der Waals surface area contributed by atoms with Gasteiger partial charge in [-0.2, -0.15) is 0 Å². The van der Waals surface area contributed by atoms with Crippen LogP contribution in [0.15, 0.2) is 60.8 Å². The van der Waals surface area contributed by atoms with Crippen molar-refractivity contribution in [2.24, 2.45) is 0 Å². The molecule has 0 amide bonds. The summed E-state index contributed by atoms with van der Waals surface area (Å²) in [6.07, 6.45) is 4.49. The summed E-state index contributed by atoms with van der Waals surface area (Å²) in [6.45, 7) is 0.837. The van der Waals surface area contributed by atoms with Crippen LogP contribution < -0.4 is 4.90 Å². The van der Waals surface area contributed by atoms with Crippen LogP contribution in [0.3, 0.4) is 0 Å². The first-order chi connectivity index (χ1) is 14.1. The number of rotatable bonds is 6. The minimum Gasteiger partial charge on any atom is -0.478 e. The molecule has 6 heteroatoms. The molecule has 1 aliphatic rings. The van der Waals surface area contributed by atoms with Gasteiger partial charge >= 0.3 is 5.97 Å². The summed E-state index contributed by atoms with van der Waals surface area (Å²) in [6, 6.07) is 16.7. The van der Waals surface area contributed by atoms with Crippen molar-refractivity contribution in [3.05, 3.63) is 89.0 Å². The Hall–Kier alpha value is -3.28. The Balaban J connectivity index is 1.60. The van der Waals surface area contributed by atoms with E-state index in [-0.39, 0.29) is 17.4 Å². The second-order valence-electron chi connectivity index (χ2n) is 7.22. The molecule has 1 aliphatic heterocycles. The maximum absolute atomic E-state index is 13.1. The molecule has 0 spiro atoms. The topological polar surface area (TPSA) is 66.3 Å². The lowest BCUT2D eigenvalue weighted by Gasteiger charge is -2.25. The first-order valence-electron chi connectivity index (χ1n) is 9.77. The van der Waals surface area contributed by atoms with Crippen molar-refractivity contribution in [2.75, 3.05) is 11.4 Å². The lowest BCUT2D eigenvalue weighted by molar-refractivity contribution is 0.0694. The molecule has 0 radical (unpaired) electrons. The molecule has 1 saturated heterocycles. The summed E-state index contributed by atoms with van der Waals surface area (Å²) in [5.74, 6) is -0.757. The average Bonchev–Trinajstić information content (AvgIpc) is 3.23. The number of aryl methyl sites for hydroxylation is 2. The van der Waals surface area contributed by atoms with Crippen molar-refractivity contribution >= 4 is 11.9 Å². The highest BCUT2D eigenvalue weighted by Crippen LogP contribution is 2.34. The fourth-order valence-corrected chi connectivity index (χ4v) is 3.86. The SMILES string of the molecule is O=C(O)c1cnc(N2CCCC2c2ccccc2)nc1CCc1ccc(F)cc1. The number of carboxylic acid groups (broad SMARTS) is 1. The van der Waals surface area contributed by atoms with Crippen molar-refractivity contribution in [3.8, 4) is 0 Å². The van der Waals surface area contributed by atoms with Crippen molar-refractivity contribution in [3.63, 3.8) is 0 Å². The highest BCUT2D eigenvalue weighted by molar-refractivity contribution is 5.88. The van der Waals surface area contributed by atoms with E-state index in [0.717, 1.165) is 24.9 Å². The molecular formula is C23H22FN3O2. The first-order valence-corrected chi connectivity index (χ1v) is 9.77. The Morgan fingerprint density at radius 3 is 2.59 bits per heavy atom. The zero-order valence-electron chi connectivity index (χ0n) is 16.0. The monoisotopic (exact) mass is 391 g/mol. The predicted octanol–water partition coefficient (Wildman–Crippen LogP) is 4.44. The van der Waals surface area contributed by atoms with Crippen LogP contribution in [0.1, 0.15) is 46.1 Å². The minimum absolute atomic E-state index is 0.117. The summed E-state index contributed by atoms with van der Waals surface area (Å²) >= 11 is 0. The van der Waals surface area contributed by atoms with Gasteiger partial charge in [-0.1, -0.05) is 42.5 Å². The van der Waals surface area contributed by atoms with Gasteiger partial charge < -0.3 is 10.0 Å². The molecule has 0 bridgehead atoms. The molecule has 5 nitrogen and oxygen atoms in total. The maximum atomic E-state index is 13.1. The molecule has 1 atom stereocenters. The van der Waals surface area contributed by atoms with Crippen molar-refractivity contribution in [1.29, 1.82) is 0 Å². The van der Waals surface area contributed by atoms with Gasteiger partial charge in [0.2, 0.25) is 5.95 Å². The fraction of sp³-hybridized carbons (Fsp3) is 0.261. The number of benzene rings is 2. The zero-order chi connectivity index (χ0) is 20.2. The van der Waals surface area contributed by atoms with Gasteiger partial charge in [0.05, 0.1) is 17.3 Å². The van der Waals surface area contributed by atoms with Gasteiger partial charge in [0.1, 0.15) is 5.82 Å². The van der Waals surface area contributed by atoms with E-state index in [1.54, 1.807) is 12.1 Å². The molecule has 1 aromatic heterocycles. The number of carbonyl (C=O) groups is 1. The largest absolute Gasteiger partial charge is 0.478 e. The van der Waals surface area contributed by atoms with E-state index in [1.165, 1.54) is 23.9 Å². The molecule has 1 N–H and O–H groups in total. The maximum Gasteiger partial charge on any atom is 0.339 e. The van der Waals surface area contributed by atoms with E-state index in [0.29, 0.717) is 24.5 Å². The molecule has 1 fully saturated rings. The second-order valence-corrected chi connectivity index (χ2v) is 7.22. The first kappa shape index (κ1) is 19.1. The summed E-state index contributed by atoms with van der Waals surface area (Å²) < 4.78 is 13.1. The van der Waals surface area contributed by atoms with Gasteiger partial charge in [0, 0.05) is 12.7 Å². The summed E-state index contributed by atoms with van der Waals surface area (Å²) in [5.41, 5.74) is 2.77. The fourth-order valence-electron chi connectivity index (χ4n) is 3.86. The van der Waals surface area contributed by atoms with E-state index in [9.17, 15) is 14.3 Å². The second kappa shape index (κ2) is 8.39. The summed E-state index contributed by atoms with van der Waals surface area (Å²) in [5, 5.41) is 9.54. The highest BCUT2D eigenvalue weighted by Gasteiger charge is 2.28. The lowest BCUT2D eigenvalue weighted by atomic mass is 10.0. The Morgan fingerprint density at radius 2 is 1.86 bits per heavy atom. The molecule has 0 aliphatic carbocycles. The molecule has 1 unspecified atom stereocenters. The minimum atomic E-state index is -1.04. The van der Waals surface area contributed by atoms with Gasteiger partial charge in [-0.15, -0.1) is 0 Å². The molecule has 3 aromatic rings. The van der Waals surface area contributed by atoms with Crippen LogP contribution in [0.25, 0.3) is 0 Å². The number of halogens is 1. The Kier molecular flexibility index (Phi) is 5.51. The van der Waals surface area contributed by atoms with E-state index < -0.39 is 5.97 Å². The van der Waals surface area contributed by atoms with Crippen LogP contribution in [0.2, 0.25) is 0 Å². The number of hydrogen-bond acceptors (Lipinski definition) is 4. The van der Waals surface area contributed by atoms with Gasteiger partial charge in [0.15, 0.2) is 0 Å². The van der Waals surface area contributed by atoms with Crippen LogP contribution in [-0.2, 0) is 12.8 Å². The van der Waals surface area contributed by atoms with E-state index in [2.05, 4.69) is 27.0 Å². The summed E-state index contributed by atoms with van der Waals surface area (Å²) in [4.78, 5) is 22.8. The van der Waals surface area contributed by atoms with E-state index in [1.807, 2.05) is 18.2 Å². The highest BCUT2D eigenvalue weighted by atomic mass is 19.1. The van der Waals surface area contributed by atoms with Crippen LogP contribution in [0.5, 0.6) is 0 Å². The Labute approximate surface area is 168 Å². The number of aromatic carboxylic acids is 1. The van der Waals surface area contributed by atoms with Gasteiger partial charge in [-0.3, -0.25) is 0 Å². The molecule has 2 aromatic carbocycles. The molecule has 148 valence electrons. The number of anilines is 1. The zero-order valence-corrected chi connectivity index (χ0v) is 16.0. The predicted molar refractivity (Wildman–Crippen MR) is 109 cm³/mol. The van der Waals surface area contributed by atoms with E-state index in [4.69, 9.17) is 0 Å². The molecule has 4 rings (SSSR count). The average molecular weight is 391 g/mol. The number of aromatic nitrogens is 2. The van der Waals surface area contributed by atoms with Gasteiger partial charge in [-0.25, -0.2) is 19.2 Å². The van der Waals surface area contributed by atoms with Gasteiger partial charge in [0.25, 0.3) is 0 Å². The molecule has 0 saturated carbocycles. The van der Waals surface area contributed by atoms with Crippen LogP contribution >= 0.6 is 0 Å². The third-order valence-electron chi connectivity index (χ3n) is 5.34. The summed E-state index contributed by atoms with van der Waals surface area (Å²) in [7, 11) is 0. The van der Waals surface area contributed by atoms with Crippen molar-refractivity contribution in [2.45, 2.75) is 31.7 Å². The normalized spacial score (nSPS) is 16.2. The van der Waals surface area contributed by atoms with Crippen molar-refractivity contribution < 1.29 is 14.3 Å². The number of hydrogen-bond donors (Lipinski definition) is 1. The Morgan fingerprint density at radius 1 is 1.10 bits per heavy atom. The molecule has 29 heavy (non-hydrogen) atoms. The third kappa shape index (κ3) is 4.26.